The number of phenols is 1. The van der Waals surface area contributed by atoms with Crippen molar-refractivity contribution < 1.29 is 29.0 Å². The van der Waals surface area contributed by atoms with Crippen molar-refractivity contribution in [3.8, 4) is 5.75 Å². The molecule has 0 bridgehead atoms. The van der Waals surface area contributed by atoms with Crippen LogP contribution in [0.5, 0.6) is 5.75 Å². The second kappa shape index (κ2) is 7.16. The molecule has 7 heteroatoms. The highest BCUT2D eigenvalue weighted by Crippen LogP contribution is 2.40. The fourth-order valence-electron chi connectivity index (χ4n) is 3.81. The third-order valence-electron chi connectivity index (χ3n) is 5.12. The van der Waals surface area contributed by atoms with Crippen LogP contribution in [-0.2, 0) is 9.53 Å². The minimum Gasteiger partial charge on any atom is -0.508 e. The highest BCUT2D eigenvalue weighted by Gasteiger charge is 2.45. The van der Waals surface area contributed by atoms with E-state index in [-0.39, 0.29) is 29.7 Å². The van der Waals surface area contributed by atoms with Crippen LogP contribution in [0.15, 0.2) is 52.1 Å². The van der Waals surface area contributed by atoms with Crippen molar-refractivity contribution in [1.29, 1.82) is 0 Å². The van der Waals surface area contributed by atoms with Crippen LogP contribution < -0.4 is 0 Å². The number of ether oxygens (including phenoxy) is 1. The van der Waals surface area contributed by atoms with E-state index in [9.17, 15) is 19.8 Å². The molecule has 2 N–H and O–H groups in total. The van der Waals surface area contributed by atoms with Crippen LogP contribution in [0.2, 0.25) is 0 Å². The Hall–Kier alpha value is -3.06. The minimum absolute atomic E-state index is 0.00838. The third kappa shape index (κ3) is 3.18. The number of rotatable bonds is 5. The Balaban J connectivity index is 1.77. The predicted molar refractivity (Wildman–Crippen MR) is 99.0 cm³/mol. The number of benzene rings is 1. The van der Waals surface area contributed by atoms with Gasteiger partial charge in [0.1, 0.15) is 11.5 Å². The van der Waals surface area contributed by atoms with Gasteiger partial charge in [-0.1, -0.05) is 12.1 Å². The maximum Gasteiger partial charge on any atom is 0.290 e. The summed E-state index contributed by atoms with van der Waals surface area (Å²) in [4.78, 5) is 27.3. The summed E-state index contributed by atoms with van der Waals surface area (Å²) < 4.78 is 11.1. The summed E-state index contributed by atoms with van der Waals surface area (Å²) >= 11 is 0. The number of aliphatic hydroxyl groups is 1. The molecule has 0 radical (unpaired) electrons. The van der Waals surface area contributed by atoms with E-state index in [4.69, 9.17) is 9.15 Å². The Morgan fingerprint density at radius 1 is 1.25 bits per heavy atom. The summed E-state index contributed by atoms with van der Waals surface area (Å²) in [6.07, 6.45) is 1.55. The van der Waals surface area contributed by atoms with Gasteiger partial charge in [0.15, 0.2) is 11.5 Å². The maximum atomic E-state index is 13.1. The lowest BCUT2D eigenvalue weighted by atomic mass is 9.94. The molecule has 28 heavy (non-hydrogen) atoms. The van der Waals surface area contributed by atoms with Crippen molar-refractivity contribution >= 4 is 11.7 Å². The Morgan fingerprint density at radius 2 is 2.07 bits per heavy atom. The van der Waals surface area contributed by atoms with Crippen molar-refractivity contribution in [3.63, 3.8) is 0 Å². The standard InChI is InChI=1S/C21H21NO6/c1-12-7-8-16(28-12)19(24)17-18(13-4-2-5-14(23)10-13)22(21(26)20(17)25)11-15-6-3-9-27-15/h2,4-5,7-8,10,15,18,23,25H,3,6,9,11H2,1H3. The number of nitrogens with zero attached hydrogens (tertiary/aromatic N) is 1. The second-order valence-corrected chi connectivity index (χ2v) is 7.09. The maximum absolute atomic E-state index is 13.1. The topological polar surface area (TPSA) is 100 Å². The lowest BCUT2D eigenvalue weighted by molar-refractivity contribution is -0.131. The van der Waals surface area contributed by atoms with Crippen LogP contribution in [0, 0.1) is 6.92 Å². The summed E-state index contributed by atoms with van der Waals surface area (Å²) in [7, 11) is 0. The second-order valence-electron chi connectivity index (χ2n) is 7.09. The van der Waals surface area contributed by atoms with Crippen LogP contribution in [0.3, 0.4) is 0 Å². The number of aliphatic hydroxyl groups excluding tert-OH is 1. The zero-order valence-electron chi connectivity index (χ0n) is 15.4. The normalized spacial score (nSPS) is 22.3. The number of Topliss-reactive ketones (excluding diaryl/α,β-unsaturated/α-hetero) is 1. The molecule has 0 saturated carbocycles. The largest absolute Gasteiger partial charge is 0.508 e. The van der Waals surface area contributed by atoms with E-state index in [1.807, 2.05) is 0 Å². The van der Waals surface area contributed by atoms with E-state index in [2.05, 4.69) is 0 Å². The minimum atomic E-state index is -0.832. The van der Waals surface area contributed by atoms with Gasteiger partial charge in [0.25, 0.3) is 5.91 Å². The van der Waals surface area contributed by atoms with E-state index in [0.29, 0.717) is 17.9 Å². The first-order chi connectivity index (χ1) is 13.5. The number of ketones is 1. The fourth-order valence-corrected chi connectivity index (χ4v) is 3.81. The van der Waals surface area contributed by atoms with Crippen LogP contribution >= 0.6 is 0 Å². The molecule has 1 amide bonds. The Kier molecular flexibility index (Phi) is 4.68. The first-order valence-electron chi connectivity index (χ1n) is 9.21. The quantitative estimate of drug-likeness (QED) is 0.770. The van der Waals surface area contributed by atoms with E-state index >= 15 is 0 Å². The zero-order chi connectivity index (χ0) is 19.8. The number of hydrogen-bond donors (Lipinski definition) is 2. The Bertz CT molecular complexity index is 953. The molecule has 2 aliphatic rings. The van der Waals surface area contributed by atoms with Crippen LogP contribution in [-0.4, -0.2) is 46.1 Å². The van der Waals surface area contributed by atoms with E-state index in [1.54, 1.807) is 25.1 Å². The Labute approximate surface area is 161 Å². The highest BCUT2D eigenvalue weighted by atomic mass is 16.5. The predicted octanol–water partition coefficient (Wildman–Crippen LogP) is 3.05. The van der Waals surface area contributed by atoms with E-state index < -0.39 is 23.5 Å². The first kappa shape index (κ1) is 18.3. The van der Waals surface area contributed by atoms with Crippen LogP contribution in [0.4, 0.5) is 0 Å². The van der Waals surface area contributed by atoms with Gasteiger partial charge in [-0.05, 0) is 49.6 Å². The Morgan fingerprint density at radius 3 is 2.71 bits per heavy atom. The van der Waals surface area contributed by atoms with Gasteiger partial charge in [0.2, 0.25) is 5.78 Å². The molecule has 146 valence electrons. The van der Waals surface area contributed by atoms with Gasteiger partial charge < -0.3 is 24.3 Å². The van der Waals surface area contributed by atoms with Crippen molar-refractivity contribution in [2.45, 2.75) is 31.9 Å². The monoisotopic (exact) mass is 383 g/mol. The van der Waals surface area contributed by atoms with Gasteiger partial charge >= 0.3 is 0 Å². The van der Waals surface area contributed by atoms with Gasteiger partial charge in [-0.2, -0.15) is 0 Å². The molecule has 1 aromatic heterocycles. The molecule has 1 aromatic carbocycles. The number of amides is 1. The number of aromatic hydroxyl groups is 1. The van der Waals surface area contributed by atoms with Crippen LogP contribution in [0.25, 0.3) is 0 Å². The SMILES string of the molecule is Cc1ccc(C(=O)C2=C(O)C(=O)N(CC3CCCO3)C2c2cccc(O)c2)o1. The number of hydrogen-bond acceptors (Lipinski definition) is 6. The zero-order valence-corrected chi connectivity index (χ0v) is 15.4. The number of carbonyl (C=O) groups excluding carboxylic acids is 2. The molecular weight excluding hydrogens is 362 g/mol. The van der Waals surface area contributed by atoms with Gasteiger partial charge in [0, 0.05) is 13.2 Å². The van der Waals surface area contributed by atoms with Crippen molar-refractivity contribution in [2.24, 2.45) is 0 Å². The molecule has 1 fully saturated rings. The molecule has 0 spiro atoms. The average molecular weight is 383 g/mol. The molecule has 7 nitrogen and oxygen atoms in total. The van der Waals surface area contributed by atoms with Crippen molar-refractivity contribution in [3.05, 3.63) is 64.8 Å². The summed E-state index contributed by atoms with van der Waals surface area (Å²) in [6.45, 7) is 2.58. The van der Waals surface area contributed by atoms with E-state index in [1.165, 1.54) is 23.1 Å². The van der Waals surface area contributed by atoms with Gasteiger partial charge in [-0.25, -0.2) is 0 Å². The summed E-state index contributed by atoms with van der Waals surface area (Å²) in [5, 5.41) is 20.5. The van der Waals surface area contributed by atoms with Crippen molar-refractivity contribution in [1.82, 2.24) is 4.90 Å². The lowest BCUT2D eigenvalue weighted by Gasteiger charge is -2.28. The molecule has 4 rings (SSSR count). The molecule has 2 aromatic rings. The molecule has 2 atom stereocenters. The lowest BCUT2D eigenvalue weighted by Crippen LogP contribution is -2.37. The summed E-state index contributed by atoms with van der Waals surface area (Å²) in [5.74, 6) is -1.16. The fraction of sp³-hybridized carbons (Fsp3) is 0.333. The van der Waals surface area contributed by atoms with Gasteiger partial charge in [-0.15, -0.1) is 0 Å². The number of carbonyl (C=O) groups is 2. The molecule has 0 aliphatic carbocycles. The number of furan rings is 1. The van der Waals surface area contributed by atoms with Gasteiger partial charge in [0.05, 0.1) is 17.7 Å². The molecule has 2 aliphatic heterocycles. The molecular formula is C21H21NO6. The number of aryl methyl sites for hydroxylation is 1. The molecule has 3 heterocycles. The third-order valence-corrected chi connectivity index (χ3v) is 5.12. The smallest absolute Gasteiger partial charge is 0.290 e. The first-order valence-corrected chi connectivity index (χ1v) is 9.21. The highest BCUT2D eigenvalue weighted by molar-refractivity contribution is 6.15. The van der Waals surface area contributed by atoms with Crippen molar-refractivity contribution in [2.75, 3.05) is 13.2 Å². The summed E-state index contributed by atoms with van der Waals surface area (Å²) in [6, 6.07) is 8.67. The molecule has 2 unspecified atom stereocenters. The van der Waals surface area contributed by atoms with E-state index in [0.717, 1.165) is 12.8 Å². The summed E-state index contributed by atoms with van der Waals surface area (Å²) in [5.41, 5.74) is 0.477. The average Bonchev–Trinajstić information content (AvgIpc) is 3.38. The molecule has 1 saturated heterocycles. The van der Waals surface area contributed by atoms with Crippen LogP contribution in [0.1, 0.15) is 40.8 Å². The number of phenolic OH excluding ortho intramolecular Hbond substituents is 1. The van der Waals surface area contributed by atoms with Gasteiger partial charge in [-0.3, -0.25) is 9.59 Å².